The van der Waals surface area contributed by atoms with Crippen molar-refractivity contribution in [2.45, 2.75) is 19.8 Å². The Morgan fingerprint density at radius 1 is 1.00 bits per heavy atom. The van der Waals surface area contributed by atoms with Crippen LogP contribution in [0.3, 0.4) is 0 Å². The first kappa shape index (κ1) is 14.9. The minimum atomic E-state index is -0.166. The predicted octanol–water partition coefficient (Wildman–Crippen LogP) is 4.05. The van der Waals surface area contributed by atoms with Crippen molar-refractivity contribution in [3.05, 3.63) is 65.2 Å². The number of ketones is 1. The molecule has 0 radical (unpaired) electrons. The van der Waals surface area contributed by atoms with E-state index in [2.05, 4.69) is 25.7 Å². The summed E-state index contributed by atoms with van der Waals surface area (Å²) in [5.41, 5.74) is 2.64. The molecule has 0 aliphatic rings. The second kappa shape index (κ2) is 6.76. The molecule has 0 unspecified atom stereocenters. The number of benzene rings is 2. The van der Waals surface area contributed by atoms with Gasteiger partial charge in [-0.2, -0.15) is 0 Å². The van der Waals surface area contributed by atoms with Crippen LogP contribution < -0.4 is 4.74 Å². The highest BCUT2D eigenvalue weighted by Gasteiger charge is 2.03. The first-order valence-corrected chi connectivity index (χ1v) is 6.90. The summed E-state index contributed by atoms with van der Waals surface area (Å²) in [6, 6.07) is 14.9. The normalized spacial score (nSPS) is 9.90. The molecule has 0 atom stereocenters. The lowest BCUT2D eigenvalue weighted by Gasteiger charge is -2.04. The highest BCUT2D eigenvalue weighted by atomic mass is 16.5. The summed E-state index contributed by atoms with van der Waals surface area (Å²) in [6.07, 6.45) is 0. The molecule has 0 spiro atoms. The smallest absolute Gasteiger partial charge is 0.236 e. The third kappa shape index (κ3) is 3.97. The van der Waals surface area contributed by atoms with E-state index in [0.717, 1.165) is 11.3 Å². The lowest BCUT2D eigenvalue weighted by molar-refractivity contribution is 0.105. The Kier molecular flexibility index (Phi) is 4.79. The van der Waals surface area contributed by atoms with Crippen LogP contribution >= 0.6 is 0 Å². The Hall–Kier alpha value is -2.53. The lowest BCUT2D eigenvalue weighted by Crippen LogP contribution is -1.96. The number of carbonyl (C=O) groups excluding carboxylic acids is 1. The molecular weight excluding hydrogens is 260 g/mol. The molecule has 2 nitrogen and oxygen atoms in total. The van der Waals surface area contributed by atoms with Crippen LogP contribution in [0.5, 0.6) is 5.75 Å². The van der Waals surface area contributed by atoms with Gasteiger partial charge >= 0.3 is 0 Å². The molecule has 0 N–H and O–H groups in total. The van der Waals surface area contributed by atoms with Gasteiger partial charge in [-0.25, -0.2) is 0 Å². The molecule has 0 aromatic heterocycles. The summed E-state index contributed by atoms with van der Waals surface area (Å²) in [7, 11) is 1.62. The fourth-order valence-corrected chi connectivity index (χ4v) is 1.89. The molecule has 0 aliphatic carbocycles. The van der Waals surface area contributed by atoms with Gasteiger partial charge in [-0.1, -0.05) is 44.0 Å². The van der Waals surface area contributed by atoms with E-state index in [1.165, 1.54) is 5.56 Å². The highest BCUT2D eigenvalue weighted by Crippen LogP contribution is 2.15. The van der Waals surface area contributed by atoms with Crippen molar-refractivity contribution >= 4 is 5.78 Å². The summed E-state index contributed by atoms with van der Waals surface area (Å²) in [4.78, 5) is 12.0. The lowest BCUT2D eigenvalue weighted by atomic mass is 10.0. The van der Waals surface area contributed by atoms with Crippen molar-refractivity contribution in [2.75, 3.05) is 7.11 Å². The van der Waals surface area contributed by atoms with E-state index in [-0.39, 0.29) is 5.78 Å². The molecular formula is C19H18O2. The highest BCUT2D eigenvalue weighted by molar-refractivity contribution is 6.09. The van der Waals surface area contributed by atoms with E-state index in [0.29, 0.717) is 11.5 Å². The summed E-state index contributed by atoms with van der Waals surface area (Å²) < 4.78 is 5.08. The molecule has 0 amide bonds. The zero-order valence-corrected chi connectivity index (χ0v) is 12.5. The molecule has 2 heteroatoms. The van der Waals surface area contributed by atoms with Crippen LogP contribution in [0, 0.1) is 11.8 Å². The van der Waals surface area contributed by atoms with E-state index < -0.39 is 0 Å². The Bertz CT molecular complexity index is 668. The Morgan fingerprint density at radius 3 is 2.14 bits per heavy atom. The standard InChI is InChI=1S/C19H18O2/c1-14(2)16-7-9-17(10-8-16)19(20)13-6-15-4-11-18(21-3)12-5-15/h4-5,7-12,14H,1-3H3. The summed E-state index contributed by atoms with van der Waals surface area (Å²) in [5, 5.41) is 0. The van der Waals surface area contributed by atoms with Crippen LogP contribution in [-0.4, -0.2) is 12.9 Å². The summed E-state index contributed by atoms with van der Waals surface area (Å²) in [5.74, 6) is 6.61. The van der Waals surface area contributed by atoms with E-state index in [4.69, 9.17) is 4.74 Å². The molecule has 0 bridgehead atoms. The maximum atomic E-state index is 12.0. The molecule has 106 valence electrons. The molecule has 2 rings (SSSR count). The van der Waals surface area contributed by atoms with Crippen LogP contribution in [-0.2, 0) is 0 Å². The molecule has 2 aromatic carbocycles. The van der Waals surface area contributed by atoms with Crippen molar-refractivity contribution in [3.8, 4) is 17.6 Å². The quantitative estimate of drug-likeness (QED) is 0.625. The number of hydrogen-bond acceptors (Lipinski definition) is 2. The van der Waals surface area contributed by atoms with Crippen molar-refractivity contribution in [1.29, 1.82) is 0 Å². The SMILES string of the molecule is COc1ccc(C#CC(=O)c2ccc(C(C)C)cc2)cc1. The van der Waals surface area contributed by atoms with Crippen LogP contribution in [0.2, 0.25) is 0 Å². The topological polar surface area (TPSA) is 26.3 Å². The molecule has 0 saturated heterocycles. The second-order valence-corrected chi connectivity index (χ2v) is 5.08. The Morgan fingerprint density at radius 2 is 1.62 bits per heavy atom. The zero-order valence-electron chi connectivity index (χ0n) is 12.5. The Balaban J connectivity index is 2.12. The van der Waals surface area contributed by atoms with Crippen LogP contribution in [0.1, 0.15) is 41.3 Å². The molecule has 0 aliphatic heterocycles. The predicted molar refractivity (Wildman–Crippen MR) is 84.7 cm³/mol. The minimum absolute atomic E-state index is 0.166. The van der Waals surface area contributed by atoms with Gasteiger partial charge in [0.25, 0.3) is 0 Å². The average molecular weight is 278 g/mol. The number of Topliss-reactive ketones (excluding diaryl/α,β-unsaturated/α-hetero) is 1. The van der Waals surface area contributed by atoms with Crippen molar-refractivity contribution < 1.29 is 9.53 Å². The maximum Gasteiger partial charge on any atom is 0.236 e. The fraction of sp³-hybridized carbons (Fsp3) is 0.211. The van der Waals surface area contributed by atoms with E-state index in [1.54, 1.807) is 7.11 Å². The van der Waals surface area contributed by atoms with E-state index in [1.807, 2.05) is 48.5 Å². The van der Waals surface area contributed by atoms with Crippen LogP contribution in [0.25, 0.3) is 0 Å². The van der Waals surface area contributed by atoms with Gasteiger partial charge in [0.15, 0.2) is 0 Å². The van der Waals surface area contributed by atoms with E-state index >= 15 is 0 Å². The van der Waals surface area contributed by atoms with Crippen LogP contribution in [0.4, 0.5) is 0 Å². The fourth-order valence-electron chi connectivity index (χ4n) is 1.89. The van der Waals surface area contributed by atoms with Crippen LogP contribution in [0.15, 0.2) is 48.5 Å². The largest absolute Gasteiger partial charge is 0.497 e. The average Bonchev–Trinajstić information content (AvgIpc) is 2.53. The molecule has 0 heterocycles. The minimum Gasteiger partial charge on any atom is -0.497 e. The molecule has 0 saturated carbocycles. The number of rotatable bonds is 3. The molecule has 0 fully saturated rings. The molecule has 2 aromatic rings. The van der Waals surface area contributed by atoms with Gasteiger partial charge in [-0.15, -0.1) is 0 Å². The number of hydrogen-bond donors (Lipinski definition) is 0. The van der Waals surface area contributed by atoms with Gasteiger partial charge in [0.1, 0.15) is 5.75 Å². The van der Waals surface area contributed by atoms with Gasteiger partial charge < -0.3 is 4.74 Å². The van der Waals surface area contributed by atoms with E-state index in [9.17, 15) is 4.79 Å². The van der Waals surface area contributed by atoms with Gasteiger partial charge in [0.05, 0.1) is 7.11 Å². The number of carbonyl (C=O) groups is 1. The Labute approximate surface area is 125 Å². The van der Waals surface area contributed by atoms with Gasteiger partial charge in [-0.3, -0.25) is 4.79 Å². The third-order valence-electron chi connectivity index (χ3n) is 3.25. The van der Waals surface area contributed by atoms with Gasteiger partial charge in [-0.05, 0) is 41.7 Å². The summed E-state index contributed by atoms with van der Waals surface area (Å²) >= 11 is 0. The summed E-state index contributed by atoms with van der Waals surface area (Å²) in [6.45, 7) is 4.25. The maximum absolute atomic E-state index is 12.0. The van der Waals surface area contributed by atoms with Crippen molar-refractivity contribution in [3.63, 3.8) is 0 Å². The van der Waals surface area contributed by atoms with Crippen molar-refractivity contribution in [2.24, 2.45) is 0 Å². The number of ether oxygens (including phenoxy) is 1. The third-order valence-corrected chi connectivity index (χ3v) is 3.25. The van der Waals surface area contributed by atoms with Gasteiger partial charge in [0, 0.05) is 11.1 Å². The second-order valence-electron chi connectivity index (χ2n) is 5.08. The first-order valence-electron chi connectivity index (χ1n) is 6.90. The zero-order chi connectivity index (χ0) is 15.2. The monoisotopic (exact) mass is 278 g/mol. The number of methoxy groups -OCH3 is 1. The van der Waals surface area contributed by atoms with Crippen molar-refractivity contribution in [1.82, 2.24) is 0 Å². The first-order chi connectivity index (χ1) is 10.1. The molecule has 21 heavy (non-hydrogen) atoms. The van der Waals surface area contributed by atoms with Gasteiger partial charge in [0.2, 0.25) is 5.78 Å².